The van der Waals surface area contributed by atoms with E-state index >= 15 is 0 Å². The summed E-state index contributed by atoms with van der Waals surface area (Å²) in [7, 11) is 3.34. The van der Waals surface area contributed by atoms with Crippen molar-refractivity contribution in [3.63, 3.8) is 0 Å². The topological polar surface area (TPSA) is 90.0 Å². The highest BCUT2D eigenvalue weighted by Gasteiger charge is 2.55. The second-order valence-corrected chi connectivity index (χ2v) is 6.20. The molecule has 0 unspecified atom stereocenters. The summed E-state index contributed by atoms with van der Waals surface area (Å²) in [5, 5.41) is 12.2. The van der Waals surface area contributed by atoms with Crippen molar-refractivity contribution in [3.05, 3.63) is 0 Å². The number of carbonyl (C=O) groups excluding carboxylic acids is 2. The molecule has 2 atom stereocenters. The van der Waals surface area contributed by atoms with Gasteiger partial charge in [0.2, 0.25) is 5.91 Å². The fourth-order valence-electron chi connectivity index (χ4n) is 3.41. The quantitative estimate of drug-likeness (QED) is 0.784. The maximum absolute atomic E-state index is 12.1. The van der Waals surface area contributed by atoms with E-state index in [1.165, 1.54) is 4.90 Å². The summed E-state index contributed by atoms with van der Waals surface area (Å²) in [6.07, 6.45) is 2.69. The van der Waals surface area contributed by atoms with Crippen molar-refractivity contribution in [2.24, 2.45) is 11.3 Å². The minimum absolute atomic E-state index is 0.0457. The molecule has 1 saturated carbocycles. The Balaban J connectivity index is 1.85. The van der Waals surface area contributed by atoms with Crippen LogP contribution in [0, 0.1) is 11.3 Å². The van der Waals surface area contributed by atoms with Gasteiger partial charge in [0.05, 0.1) is 5.41 Å². The lowest BCUT2D eigenvalue weighted by atomic mass is 9.81. The minimum atomic E-state index is -0.789. The summed E-state index contributed by atoms with van der Waals surface area (Å²) in [4.78, 5) is 38.1. The number of carbonyl (C=O) groups is 3. The van der Waals surface area contributed by atoms with Crippen LogP contribution >= 0.6 is 0 Å². The van der Waals surface area contributed by atoms with Gasteiger partial charge in [-0.25, -0.2) is 4.79 Å². The lowest BCUT2D eigenvalue weighted by Gasteiger charge is -2.23. The van der Waals surface area contributed by atoms with Crippen molar-refractivity contribution in [1.29, 1.82) is 0 Å². The Kier molecular flexibility index (Phi) is 4.39. The maximum Gasteiger partial charge on any atom is 0.317 e. The molecule has 2 N–H and O–H groups in total. The van der Waals surface area contributed by atoms with E-state index in [0.29, 0.717) is 13.0 Å². The summed E-state index contributed by atoms with van der Waals surface area (Å²) >= 11 is 0. The average molecular weight is 297 g/mol. The zero-order chi connectivity index (χ0) is 15.6. The van der Waals surface area contributed by atoms with Crippen molar-refractivity contribution >= 4 is 17.9 Å². The number of nitrogens with zero attached hydrogens (tertiary/aromatic N) is 2. The molecule has 0 radical (unpaired) electrons. The zero-order valence-corrected chi connectivity index (χ0v) is 12.6. The summed E-state index contributed by atoms with van der Waals surface area (Å²) in [5.74, 6) is -0.775. The first kappa shape index (κ1) is 15.6. The van der Waals surface area contributed by atoms with Gasteiger partial charge in [0, 0.05) is 40.2 Å². The van der Waals surface area contributed by atoms with Crippen molar-refractivity contribution in [2.75, 3.05) is 33.7 Å². The second-order valence-electron chi connectivity index (χ2n) is 6.20. The molecule has 7 heteroatoms. The van der Waals surface area contributed by atoms with E-state index in [1.54, 1.807) is 19.0 Å². The number of aliphatic carboxylic acids is 1. The molecule has 2 aliphatic rings. The zero-order valence-electron chi connectivity index (χ0n) is 12.6. The molecule has 0 spiro atoms. The number of rotatable bonds is 4. The number of hydrogen-bond donors (Lipinski definition) is 2. The third kappa shape index (κ3) is 2.96. The van der Waals surface area contributed by atoms with Crippen LogP contribution in [-0.4, -0.2) is 66.5 Å². The summed E-state index contributed by atoms with van der Waals surface area (Å²) < 4.78 is 0. The third-order valence-corrected chi connectivity index (χ3v) is 4.70. The normalized spacial score (nSPS) is 27.3. The molecular weight excluding hydrogens is 274 g/mol. The van der Waals surface area contributed by atoms with Crippen LogP contribution in [0.25, 0.3) is 0 Å². The molecule has 2 rings (SSSR count). The van der Waals surface area contributed by atoms with Crippen LogP contribution in [0.15, 0.2) is 0 Å². The maximum atomic E-state index is 12.1. The molecule has 1 heterocycles. The van der Waals surface area contributed by atoms with Crippen LogP contribution in [0.1, 0.15) is 25.7 Å². The molecule has 2 fully saturated rings. The lowest BCUT2D eigenvalue weighted by Crippen LogP contribution is -2.42. The Labute approximate surface area is 124 Å². The molecular formula is C14H23N3O4. The largest absolute Gasteiger partial charge is 0.481 e. The van der Waals surface area contributed by atoms with Gasteiger partial charge >= 0.3 is 12.0 Å². The molecule has 0 aromatic heterocycles. The predicted molar refractivity (Wildman–Crippen MR) is 75.7 cm³/mol. The second kappa shape index (κ2) is 5.91. The standard InChI is InChI=1S/C14H23N3O4/c1-16(2)11(18)5-7-15-13(21)17-8-10-4-3-6-14(10,9-17)12(19)20/h10H,3-9H2,1-2H3,(H,15,21)(H,19,20)/t10-,14+/m0/s1. The van der Waals surface area contributed by atoms with Crippen molar-refractivity contribution < 1.29 is 19.5 Å². The average Bonchev–Trinajstić information content (AvgIpc) is 2.95. The highest BCUT2D eigenvalue weighted by molar-refractivity contribution is 5.81. The van der Waals surface area contributed by atoms with Crippen LogP contribution in [-0.2, 0) is 9.59 Å². The summed E-state index contributed by atoms with van der Waals surface area (Å²) in [6, 6.07) is -0.267. The summed E-state index contributed by atoms with van der Waals surface area (Å²) in [5.41, 5.74) is -0.753. The monoisotopic (exact) mass is 297 g/mol. The fourth-order valence-corrected chi connectivity index (χ4v) is 3.41. The minimum Gasteiger partial charge on any atom is -0.481 e. The van der Waals surface area contributed by atoms with Gasteiger partial charge in [-0.2, -0.15) is 0 Å². The lowest BCUT2D eigenvalue weighted by molar-refractivity contribution is -0.149. The molecule has 21 heavy (non-hydrogen) atoms. The van der Waals surface area contributed by atoms with Crippen molar-refractivity contribution in [1.82, 2.24) is 15.1 Å². The van der Waals surface area contributed by atoms with Gasteiger partial charge < -0.3 is 20.2 Å². The first-order valence-corrected chi connectivity index (χ1v) is 7.33. The molecule has 118 valence electrons. The van der Waals surface area contributed by atoms with Crippen LogP contribution in [0.5, 0.6) is 0 Å². The van der Waals surface area contributed by atoms with E-state index in [4.69, 9.17) is 0 Å². The number of hydrogen-bond acceptors (Lipinski definition) is 3. The molecule has 0 bridgehead atoms. The van der Waals surface area contributed by atoms with Crippen LogP contribution in [0.2, 0.25) is 0 Å². The van der Waals surface area contributed by atoms with Gasteiger partial charge in [-0.1, -0.05) is 6.42 Å². The Bertz CT molecular complexity index is 452. The SMILES string of the molecule is CN(C)C(=O)CCNC(=O)N1C[C@@H]2CCC[C@@]2(C(=O)O)C1. The summed E-state index contributed by atoms with van der Waals surface area (Å²) in [6.45, 7) is 1.05. The first-order chi connectivity index (χ1) is 9.86. The van der Waals surface area contributed by atoms with Gasteiger partial charge in [-0.05, 0) is 18.8 Å². The Morgan fingerprint density at radius 2 is 2.10 bits per heavy atom. The number of fused-ring (bicyclic) bond motifs is 1. The first-order valence-electron chi connectivity index (χ1n) is 7.33. The van der Waals surface area contributed by atoms with Crippen molar-refractivity contribution in [2.45, 2.75) is 25.7 Å². The number of urea groups is 1. The Morgan fingerprint density at radius 3 is 2.67 bits per heavy atom. The number of amides is 3. The Hall–Kier alpha value is -1.79. The van der Waals surface area contributed by atoms with E-state index in [1.807, 2.05) is 0 Å². The van der Waals surface area contributed by atoms with Crippen LogP contribution < -0.4 is 5.32 Å². The number of carboxylic acid groups (broad SMARTS) is 1. The van der Waals surface area contributed by atoms with Gasteiger partial charge in [0.15, 0.2) is 0 Å². The van der Waals surface area contributed by atoms with Gasteiger partial charge in [0.1, 0.15) is 0 Å². The van der Waals surface area contributed by atoms with E-state index in [-0.39, 0.29) is 37.4 Å². The van der Waals surface area contributed by atoms with Crippen molar-refractivity contribution in [3.8, 4) is 0 Å². The predicted octanol–water partition coefficient (Wildman–Crippen LogP) is 0.361. The van der Waals surface area contributed by atoms with Crippen LogP contribution in [0.3, 0.4) is 0 Å². The molecule has 1 saturated heterocycles. The number of nitrogens with one attached hydrogen (secondary N) is 1. The third-order valence-electron chi connectivity index (χ3n) is 4.70. The fraction of sp³-hybridized carbons (Fsp3) is 0.786. The highest BCUT2D eigenvalue weighted by atomic mass is 16.4. The van der Waals surface area contributed by atoms with E-state index < -0.39 is 11.4 Å². The molecule has 0 aromatic carbocycles. The van der Waals surface area contributed by atoms with Gasteiger partial charge in [-0.3, -0.25) is 9.59 Å². The van der Waals surface area contributed by atoms with Crippen LogP contribution in [0.4, 0.5) is 4.79 Å². The van der Waals surface area contributed by atoms with Gasteiger partial charge in [0.25, 0.3) is 0 Å². The molecule has 1 aliphatic heterocycles. The number of carboxylic acids is 1. The molecule has 7 nitrogen and oxygen atoms in total. The smallest absolute Gasteiger partial charge is 0.317 e. The number of likely N-dealkylation sites (tertiary alicyclic amines) is 1. The molecule has 0 aromatic rings. The van der Waals surface area contributed by atoms with E-state index in [9.17, 15) is 19.5 Å². The molecule has 3 amide bonds. The van der Waals surface area contributed by atoms with E-state index in [0.717, 1.165) is 12.8 Å². The van der Waals surface area contributed by atoms with Gasteiger partial charge in [-0.15, -0.1) is 0 Å². The Morgan fingerprint density at radius 1 is 1.38 bits per heavy atom. The molecule has 1 aliphatic carbocycles. The highest BCUT2D eigenvalue weighted by Crippen LogP contribution is 2.48. The van der Waals surface area contributed by atoms with E-state index in [2.05, 4.69) is 5.32 Å².